The van der Waals surface area contributed by atoms with Gasteiger partial charge in [-0.25, -0.2) is 4.98 Å². The van der Waals surface area contributed by atoms with Crippen LogP contribution in [0.3, 0.4) is 0 Å². The lowest BCUT2D eigenvalue weighted by Crippen LogP contribution is -2.06. The molecule has 0 saturated carbocycles. The van der Waals surface area contributed by atoms with Gasteiger partial charge in [-0.05, 0) is 43.2 Å². The first-order valence-electron chi connectivity index (χ1n) is 9.04. The number of hydrogen-bond donors (Lipinski definition) is 3. The Hall–Kier alpha value is -3.48. The molecule has 0 saturated heterocycles. The lowest BCUT2D eigenvalue weighted by Gasteiger charge is -2.12. The Labute approximate surface area is 164 Å². The summed E-state index contributed by atoms with van der Waals surface area (Å²) in [6, 6.07) is 13.5. The van der Waals surface area contributed by atoms with Gasteiger partial charge in [-0.3, -0.25) is 0 Å². The lowest BCUT2D eigenvalue weighted by atomic mass is 10.1. The number of nitrogens with one attached hydrogen (secondary N) is 1. The van der Waals surface area contributed by atoms with Crippen LogP contribution < -0.4 is 26.3 Å². The van der Waals surface area contributed by atoms with Crippen molar-refractivity contribution in [3.05, 3.63) is 53.6 Å². The predicted octanol–water partition coefficient (Wildman–Crippen LogP) is 3.64. The van der Waals surface area contributed by atoms with E-state index in [4.69, 9.17) is 20.9 Å². The molecule has 0 aliphatic heterocycles. The topological polar surface area (TPSA) is 108 Å². The highest BCUT2D eigenvalue weighted by molar-refractivity contribution is 5.69. The molecule has 0 unspecified atom stereocenters. The second kappa shape index (κ2) is 8.47. The Morgan fingerprint density at radius 3 is 2.57 bits per heavy atom. The van der Waals surface area contributed by atoms with Gasteiger partial charge >= 0.3 is 0 Å². The number of ether oxygens (including phenoxy) is 2. The highest BCUT2D eigenvalue weighted by Crippen LogP contribution is 2.29. The zero-order valence-electron chi connectivity index (χ0n) is 16.3. The van der Waals surface area contributed by atoms with Crippen molar-refractivity contribution in [2.24, 2.45) is 0 Å². The Morgan fingerprint density at radius 2 is 1.82 bits per heavy atom. The van der Waals surface area contributed by atoms with E-state index >= 15 is 0 Å². The minimum Gasteiger partial charge on any atom is -0.495 e. The van der Waals surface area contributed by atoms with E-state index in [9.17, 15) is 0 Å². The molecule has 146 valence electrons. The van der Waals surface area contributed by atoms with Crippen molar-refractivity contribution in [2.45, 2.75) is 20.4 Å². The molecule has 1 aromatic heterocycles. The summed E-state index contributed by atoms with van der Waals surface area (Å²) in [5, 5.41) is 3.30. The van der Waals surface area contributed by atoms with E-state index in [0.29, 0.717) is 36.1 Å². The number of hydrogen-bond acceptors (Lipinski definition) is 7. The average molecular weight is 379 g/mol. The Kier molecular flexibility index (Phi) is 5.84. The maximum absolute atomic E-state index is 5.91. The number of nitrogens with two attached hydrogens (primary N) is 2. The summed E-state index contributed by atoms with van der Waals surface area (Å²) in [6.45, 7) is 5.22. The summed E-state index contributed by atoms with van der Waals surface area (Å²) in [6.07, 6.45) is 0. The van der Waals surface area contributed by atoms with Crippen LogP contribution in [-0.2, 0) is 6.54 Å². The molecule has 0 aliphatic rings. The summed E-state index contributed by atoms with van der Waals surface area (Å²) in [4.78, 5) is 8.60. The molecule has 0 aliphatic carbocycles. The van der Waals surface area contributed by atoms with Crippen molar-refractivity contribution >= 4 is 17.5 Å². The standard InChI is InChI=1S/C21H25N5O2/c1-4-28-18-9-14(6-5-13(18)2)12-24-20-11-17(25-21(23)26-20)15-7-8-16(22)19(10-15)27-3/h5-11H,4,12,22H2,1-3H3,(H3,23,24,25,26). The fraction of sp³-hybridized carbons (Fsp3) is 0.238. The highest BCUT2D eigenvalue weighted by atomic mass is 16.5. The molecule has 0 fully saturated rings. The van der Waals surface area contributed by atoms with Crippen molar-refractivity contribution < 1.29 is 9.47 Å². The van der Waals surface area contributed by atoms with Gasteiger partial charge in [0.25, 0.3) is 0 Å². The van der Waals surface area contributed by atoms with Gasteiger partial charge < -0.3 is 26.3 Å². The molecular weight excluding hydrogens is 354 g/mol. The normalized spacial score (nSPS) is 10.5. The number of aromatic nitrogens is 2. The summed E-state index contributed by atoms with van der Waals surface area (Å²) >= 11 is 0. The number of benzene rings is 2. The van der Waals surface area contributed by atoms with Gasteiger partial charge in [0, 0.05) is 18.2 Å². The van der Waals surface area contributed by atoms with Crippen molar-refractivity contribution in [2.75, 3.05) is 30.5 Å². The molecule has 7 nitrogen and oxygen atoms in total. The van der Waals surface area contributed by atoms with Crippen LogP contribution in [0.15, 0.2) is 42.5 Å². The molecule has 0 amide bonds. The molecule has 0 bridgehead atoms. The fourth-order valence-corrected chi connectivity index (χ4v) is 2.83. The highest BCUT2D eigenvalue weighted by Gasteiger charge is 2.09. The van der Waals surface area contributed by atoms with Crippen LogP contribution in [0, 0.1) is 6.92 Å². The van der Waals surface area contributed by atoms with Gasteiger partial charge in [-0.2, -0.15) is 4.98 Å². The summed E-state index contributed by atoms with van der Waals surface area (Å²) in [5.74, 6) is 2.30. The minimum atomic E-state index is 0.190. The third-order valence-electron chi connectivity index (χ3n) is 4.30. The smallest absolute Gasteiger partial charge is 0.222 e. The second-order valence-electron chi connectivity index (χ2n) is 6.34. The zero-order valence-corrected chi connectivity index (χ0v) is 16.3. The summed E-state index contributed by atoms with van der Waals surface area (Å²) in [7, 11) is 1.58. The van der Waals surface area contributed by atoms with Gasteiger partial charge in [0.15, 0.2) is 0 Å². The molecule has 28 heavy (non-hydrogen) atoms. The molecular formula is C21H25N5O2. The van der Waals surface area contributed by atoms with Gasteiger partial charge in [-0.15, -0.1) is 0 Å². The van der Waals surface area contributed by atoms with Gasteiger partial charge in [0.05, 0.1) is 25.1 Å². The predicted molar refractivity (Wildman–Crippen MR) is 113 cm³/mol. The number of anilines is 3. The number of rotatable bonds is 7. The third kappa shape index (κ3) is 4.43. The minimum absolute atomic E-state index is 0.190. The van der Waals surface area contributed by atoms with Crippen LogP contribution in [0.4, 0.5) is 17.5 Å². The number of nitrogen functional groups attached to an aromatic ring is 2. The number of nitrogens with zero attached hydrogens (tertiary/aromatic N) is 2. The maximum Gasteiger partial charge on any atom is 0.222 e. The number of aryl methyl sites for hydroxylation is 1. The van der Waals surface area contributed by atoms with Crippen molar-refractivity contribution in [3.63, 3.8) is 0 Å². The monoisotopic (exact) mass is 379 g/mol. The van der Waals surface area contributed by atoms with Crippen LogP contribution in [0.25, 0.3) is 11.3 Å². The van der Waals surface area contributed by atoms with E-state index in [1.165, 1.54) is 0 Å². The van der Waals surface area contributed by atoms with E-state index < -0.39 is 0 Å². The molecule has 7 heteroatoms. The lowest BCUT2D eigenvalue weighted by molar-refractivity contribution is 0.337. The maximum atomic E-state index is 5.91. The van der Waals surface area contributed by atoms with Crippen LogP contribution in [0.5, 0.6) is 11.5 Å². The largest absolute Gasteiger partial charge is 0.495 e. The molecule has 0 spiro atoms. The third-order valence-corrected chi connectivity index (χ3v) is 4.30. The Bertz CT molecular complexity index is 975. The summed E-state index contributed by atoms with van der Waals surface area (Å²) < 4.78 is 10.9. The quantitative estimate of drug-likeness (QED) is 0.538. The fourth-order valence-electron chi connectivity index (χ4n) is 2.83. The molecule has 2 aromatic carbocycles. The molecule has 3 rings (SSSR count). The molecule has 1 heterocycles. The Morgan fingerprint density at radius 1 is 1.00 bits per heavy atom. The first kappa shape index (κ1) is 19.3. The van der Waals surface area contributed by atoms with E-state index in [-0.39, 0.29) is 5.95 Å². The average Bonchev–Trinajstić information content (AvgIpc) is 2.68. The molecule has 5 N–H and O–H groups in total. The molecule has 0 atom stereocenters. The number of methoxy groups -OCH3 is 1. The Balaban J connectivity index is 1.81. The van der Waals surface area contributed by atoms with E-state index in [1.54, 1.807) is 13.2 Å². The van der Waals surface area contributed by atoms with Crippen molar-refractivity contribution in [3.8, 4) is 22.8 Å². The van der Waals surface area contributed by atoms with E-state index in [2.05, 4.69) is 21.4 Å². The summed E-state index contributed by atoms with van der Waals surface area (Å²) in [5.41, 5.74) is 16.1. The van der Waals surface area contributed by atoms with Crippen molar-refractivity contribution in [1.82, 2.24) is 9.97 Å². The van der Waals surface area contributed by atoms with Crippen molar-refractivity contribution in [1.29, 1.82) is 0 Å². The second-order valence-corrected chi connectivity index (χ2v) is 6.34. The van der Waals surface area contributed by atoms with Crippen LogP contribution in [-0.4, -0.2) is 23.7 Å². The SMILES string of the molecule is CCOc1cc(CNc2cc(-c3ccc(N)c(OC)c3)nc(N)n2)ccc1C. The molecule has 3 aromatic rings. The van der Waals surface area contributed by atoms with Gasteiger partial charge in [-0.1, -0.05) is 18.2 Å². The molecule has 0 radical (unpaired) electrons. The first-order chi connectivity index (χ1) is 13.5. The van der Waals surface area contributed by atoms with Crippen LogP contribution in [0.1, 0.15) is 18.1 Å². The van der Waals surface area contributed by atoms with E-state index in [1.807, 2.05) is 44.2 Å². The van der Waals surface area contributed by atoms with Gasteiger partial charge in [0.1, 0.15) is 17.3 Å². The van der Waals surface area contributed by atoms with Crippen LogP contribution in [0.2, 0.25) is 0 Å². The van der Waals surface area contributed by atoms with Gasteiger partial charge in [0.2, 0.25) is 5.95 Å². The zero-order chi connectivity index (χ0) is 20.1. The van der Waals surface area contributed by atoms with E-state index in [0.717, 1.165) is 22.4 Å². The van der Waals surface area contributed by atoms with Crippen LogP contribution >= 0.6 is 0 Å². The first-order valence-corrected chi connectivity index (χ1v) is 9.04.